The maximum Gasteiger partial charge on any atom is 0.251 e. The predicted molar refractivity (Wildman–Crippen MR) is 110 cm³/mol. The highest BCUT2D eigenvalue weighted by Gasteiger charge is 2.15. The first-order valence-electron chi connectivity index (χ1n) is 9.01. The lowest BCUT2D eigenvalue weighted by Crippen LogP contribution is -2.26. The van der Waals surface area contributed by atoms with Crippen LogP contribution < -0.4 is 19.5 Å². The summed E-state index contributed by atoms with van der Waals surface area (Å²) < 4.78 is 36.3. The standard InChI is InChI=1S/C20H26N2O5S/c1-5-26-18-11-10-16(13-19(18)27-6-2)20(23)21-14(3)15-8-7-9-17(12-15)22-28(4,24)25/h7-14,22H,5-6H2,1-4H3,(H,21,23). The molecule has 2 rings (SSSR count). The molecule has 2 aromatic carbocycles. The van der Waals surface area contributed by atoms with Gasteiger partial charge >= 0.3 is 0 Å². The van der Waals surface area contributed by atoms with Crippen LogP contribution >= 0.6 is 0 Å². The van der Waals surface area contributed by atoms with Crippen molar-refractivity contribution in [3.05, 3.63) is 53.6 Å². The Bertz CT molecular complexity index is 928. The number of hydrogen-bond acceptors (Lipinski definition) is 5. The fraction of sp³-hybridized carbons (Fsp3) is 0.350. The molecule has 0 aliphatic heterocycles. The zero-order valence-corrected chi connectivity index (χ0v) is 17.3. The summed E-state index contributed by atoms with van der Waals surface area (Å²) in [6.45, 7) is 6.53. The van der Waals surface area contributed by atoms with E-state index in [9.17, 15) is 13.2 Å². The van der Waals surface area contributed by atoms with E-state index in [2.05, 4.69) is 10.0 Å². The molecule has 0 heterocycles. The average molecular weight is 407 g/mol. The molecule has 0 aromatic heterocycles. The van der Waals surface area contributed by atoms with Crippen molar-refractivity contribution in [2.24, 2.45) is 0 Å². The van der Waals surface area contributed by atoms with E-state index in [1.165, 1.54) is 0 Å². The maximum atomic E-state index is 12.6. The second kappa shape index (κ2) is 9.45. The van der Waals surface area contributed by atoms with Crippen LogP contribution in [0.2, 0.25) is 0 Å². The van der Waals surface area contributed by atoms with Crippen molar-refractivity contribution in [1.82, 2.24) is 5.32 Å². The SMILES string of the molecule is CCOc1ccc(C(=O)NC(C)c2cccc(NS(C)(=O)=O)c2)cc1OCC. The van der Waals surface area contributed by atoms with Crippen LogP contribution in [0.15, 0.2) is 42.5 Å². The highest BCUT2D eigenvalue weighted by atomic mass is 32.2. The molecular formula is C20H26N2O5S. The van der Waals surface area contributed by atoms with Crippen LogP contribution in [0.25, 0.3) is 0 Å². The molecule has 1 amide bonds. The minimum atomic E-state index is -3.37. The molecule has 0 saturated heterocycles. The summed E-state index contributed by atoms with van der Waals surface area (Å²) in [6, 6.07) is 11.6. The largest absolute Gasteiger partial charge is 0.490 e. The van der Waals surface area contributed by atoms with Crippen LogP contribution in [0.4, 0.5) is 5.69 Å². The molecule has 28 heavy (non-hydrogen) atoms. The molecule has 7 nitrogen and oxygen atoms in total. The van der Waals surface area contributed by atoms with Crippen LogP contribution in [-0.4, -0.2) is 33.8 Å². The number of carbonyl (C=O) groups excluding carboxylic acids is 1. The number of hydrogen-bond donors (Lipinski definition) is 2. The highest BCUT2D eigenvalue weighted by molar-refractivity contribution is 7.92. The number of nitrogens with one attached hydrogen (secondary N) is 2. The van der Waals surface area contributed by atoms with E-state index in [1.807, 2.05) is 26.8 Å². The van der Waals surface area contributed by atoms with Crippen LogP contribution in [0.5, 0.6) is 11.5 Å². The molecule has 0 spiro atoms. The summed E-state index contributed by atoms with van der Waals surface area (Å²) in [5.74, 6) is 0.843. The molecule has 1 atom stereocenters. The van der Waals surface area contributed by atoms with E-state index in [4.69, 9.17) is 9.47 Å². The zero-order valence-electron chi connectivity index (χ0n) is 16.5. The summed E-state index contributed by atoms with van der Waals surface area (Å²) in [5, 5.41) is 2.91. The van der Waals surface area contributed by atoms with Crippen molar-refractivity contribution in [1.29, 1.82) is 0 Å². The highest BCUT2D eigenvalue weighted by Crippen LogP contribution is 2.29. The molecule has 0 aliphatic rings. The van der Waals surface area contributed by atoms with Crippen molar-refractivity contribution in [3.8, 4) is 11.5 Å². The Labute approximate surface area is 166 Å². The van der Waals surface area contributed by atoms with Crippen LogP contribution in [0, 0.1) is 0 Å². The van der Waals surface area contributed by atoms with E-state index in [0.717, 1.165) is 11.8 Å². The quantitative estimate of drug-likeness (QED) is 0.666. The minimum Gasteiger partial charge on any atom is -0.490 e. The van der Waals surface area contributed by atoms with Gasteiger partial charge in [-0.05, 0) is 56.7 Å². The Balaban J connectivity index is 2.16. The first-order valence-corrected chi connectivity index (χ1v) is 10.9. The van der Waals surface area contributed by atoms with Gasteiger partial charge in [-0.3, -0.25) is 9.52 Å². The zero-order chi connectivity index (χ0) is 20.7. The van der Waals surface area contributed by atoms with Gasteiger partial charge in [0.2, 0.25) is 10.0 Å². The Kier molecular flexibility index (Phi) is 7.28. The Morgan fingerprint density at radius 1 is 1.04 bits per heavy atom. The number of anilines is 1. The van der Waals surface area contributed by atoms with Gasteiger partial charge in [0.25, 0.3) is 5.91 Å². The number of carbonyl (C=O) groups is 1. The topological polar surface area (TPSA) is 93.7 Å². The average Bonchev–Trinajstić information content (AvgIpc) is 2.62. The van der Waals surface area contributed by atoms with E-state index >= 15 is 0 Å². The van der Waals surface area contributed by atoms with E-state index in [-0.39, 0.29) is 11.9 Å². The number of ether oxygens (including phenoxy) is 2. The van der Waals surface area contributed by atoms with Crippen molar-refractivity contribution in [2.45, 2.75) is 26.8 Å². The third-order valence-corrected chi connectivity index (χ3v) is 4.45. The fourth-order valence-electron chi connectivity index (χ4n) is 2.64. The third kappa shape index (κ3) is 6.16. The van der Waals surface area contributed by atoms with Crippen molar-refractivity contribution >= 4 is 21.6 Å². The van der Waals surface area contributed by atoms with Gasteiger partial charge in [-0.2, -0.15) is 0 Å². The Morgan fingerprint density at radius 3 is 2.36 bits per heavy atom. The van der Waals surface area contributed by atoms with Gasteiger partial charge in [-0.15, -0.1) is 0 Å². The van der Waals surface area contributed by atoms with E-state index < -0.39 is 10.0 Å². The summed E-state index contributed by atoms with van der Waals surface area (Å²) in [6.07, 6.45) is 1.09. The molecule has 0 fully saturated rings. The van der Waals surface area contributed by atoms with E-state index in [0.29, 0.717) is 36.0 Å². The number of benzene rings is 2. The second-order valence-corrected chi connectivity index (χ2v) is 7.97. The maximum absolute atomic E-state index is 12.6. The number of rotatable bonds is 9. The molecular weight excluding hydrogens is 380 g/mol. The van der Waals surface area contributed by atoms with Crippen molar-refractivity contribution in [2.75, 3.05) is 24.2 Å². The van der Waals surface area contributed by atoms with Crippen molar-refractivity contribution in [3.63, 3.8) is 0 Å². The van der Waals surface area contributed by atoms with Gasteiger partial charge in [-0.1, -0.05) is 12.1 Å². The molecule has 2 N–H and O–H groups in total. The van der Waals surface area contributed by atoms with Gasteiger partial charge in [0.05, 0.1) is 25.5 Å². The van der Waals surface area contributed by atoms with Gasteiger partial charge in [-0.25, -0.2) is 8.42 Å². The Hall–Kier alpha value is -2.74. The molecule has 0 saturated carbocycles. The molecule has 152 valence electrons. The van der Waals surface area contributed by atoms with Gasteiger partial charge in [0, 0.05) is 11.3 Å². The summed E-state index contributed by atoms with van der Waals surface area (Å²) in [5.41, 5.74) is 1.67. The lowest BCUT2D eigenvalue weighted by Gasteiger charge is -2.17. The van der Waals surface area contributed by atoms with Crippen LogP contribution in [-0.2, 0) is 10.0 Å². The first kappa shape index (κ1) is 21.6. The fourth-order valence-corrected chi connectivity index (χ4v) is 3.20. The van der Waals surface area contributed by atoms with Gasteiger partial charge in [0.1, 0.15) is 0 Å². The molecule has 1 unspecified atom stereocenters. The molecule has 0 bridgehead atoms. The predicted octanol–water partition coefficient (Wildman–Crippen LogP) is 3.35. The van der Waals surface area contributed by atoms with Crippen LogP contribution in [0.1, 0.15) is 42.7 Å². The molecule has 2 aromatic rings. The molecule has 0 radical (unpaired) electrons. The first-order chi connectivity index (χ1) is 13.2. The minimum absolute atomic E-state index is 0.266. The van der Waals surface area contributed by atoms with Crippen LogP contribution in [0.3, 0.4) is 0 Å². The second-order valence-electron chi connectivity index (χ2n) is 6.22. The van der Waals surface area contributed by atoms with Gasteiger partial charge < -0.3 is 14.8 Å². The third-order valence-electron chi connectivity index (χ3n) is 3.84. The van der Waals surface area contributed by atoms with Gasteiger partial charge in [0.15, 0.2) is 11.5 Å². The summed E-state index contributed by atoms with van der Waals surface area (Å²) in [4.78, 5) is 12.6. The lowest BCUT2D eigenvalue weighted by atomic mass is 10.1. The van der Waals surface area contributed by atoms with E-state index in [1.54, 1.807) is 36.4 Å². The summed E-state index contributed by atoms with van der Waals surface area (Å²) in [7, 11) is -3.37. The molecule has 0 aliphatic carbocycles. The summed E-state index contributed by atoms with van der Waals surface area (Å²) >= 11 is 0. The van der Waals surface area contributed by atoms with Crippen molar-refractivity contribution < 1.29 is 22.7 Å². The smallest absolute Gasteiger partial charge is 0.251 e. The number of amides is 1. The lowest BCUT2D eigenvalue weighted by molar-refractivity contribution is 0.0939. The molecule has 8 heteroatoms. The Morgan fingerprint density at radius 2 is 1.71 bits per heavy atom. The normalized spacial score (nSPS) is 12.1. The monoisotopic (exact) mass is 406 g/mol. The number of sulfonamides is 1.